The van der Waals surface area contributed by atoms with Gasteiger partial charge in [0.05, 0.1) is 0 Å². The normalized spacial score (nSPS) is 27.1. The first-order valence-corrected chi connectivity index (χ1v) is 7.49. The monoisotopic (exact) mass is 253 g/mol. The largest absolute Gasteiger partial charge is 0.343 e. The molecule has 0 radical (unpaired) electrons. The SMILES string of the molecule is CCC1CC1(C)CCN(CC)C(=O)CC(C)(C)C. The van der Waals surface area contributed by atoms with Gasteiger partial charge in [0.25, 0.3) is 0 Å². The summed E-state index contributed by atoms with van der Waals surface area (Å²) in [7, 11) is 0. The Morgan fingerprint density at radius 3 is 2.33 bits per heavy atom. The van der Waals surface area contributed by atoms with Gasteiger partial charge in [-0.2, -0.15) is 0 Å². The van der Waals surface area contributed by atoms with Gasteiger partial charge in [-0.1, -0.05) is 41.0 Å². The second-order valence-corrected chi connectivity index (χ2v) is 7.42. The zero-order chi connectivity index (χ0) is 14.0. The van der Waals surface area contributed by atoms with Crippen LogP contribution in [0.25, 0.3) is 0 Å². The molecule has 0 spiro atoms. The van der Waals surface area contributed by atoms with E-state index in [2.05, 4.69) is 41.5 Å². The van der Waals surface area contributed by atoms with E-state index in [4.69, 9.17) is 0 Å². The fourth-order valence-corrected chi connectivity index (χ4v) is 2.86. The van der Waals surface area contributed by atoms with Crippen molar-refractivity contribution in [2.75, 3.05) is 13.1 Å². The van der Waals surface area contributed by atoms with Crippen molar-refractivity contribution in [1.29, 1.82) is 0 Å². The Morgan fingerprint density at radius 1 is 1.33 bits per heavy atom. The van der Waals surface area contributed by atoms with E-state index in [0.29, 0.717) is 17.7 Å². The van der Waals surface area contributed by atoms with E-state index in [1.807, 2.05) is 4.90 Å². The first-order chi connectivity index (χ1) is 8.22. The first kappa shape index (κ1) is 15.5. The van der Waals surface area contributed by atoms with E-state index in [1.54, 1.807) is 0 Å². The Bertz CT molecular complexity index is 292. The molecular weight excluding hydrogens is 222 g/mol. The summed E-state index contributed by atoms with van der Waals surface area (Å²) in [5.41, 5.74) is 0.615. The minimum Gasteiger partial charge on any atom is -0.343 e. The molecule has 18 heavy (non-hydrogen) atoms. The van der Waals surface area contributed by atoms with Gasteiger partial charge in [-0.3, -0.25) is 4.79 Å². The summed E-state index contributed by atoms with van der Waals surface area (Å²) in [5.74, 6) is 1.22. The van der Waals surface area contributed by atoms with Gasteiger partial charge in [-0.15, -0.1) is 0 Å². The third-order valence-corrected chi connectivity index (χ3v) is 4.40. The lowest BCUT2D eigenvalue weighted by molar-refractivity contribution is -0.133. The highest BCUT2D eigenvalue weighted by Crippen LogP contribution is 2.56. The average Bonchev–Trinajstić information content (AvgIpc) is 2.88. The fourth-order valence-electron chi connectivity index (χ4n) is 2.86. The zero-order valence-electron chi connectivity index (χ0n) is 13.2. The van der Waals surface area contributed by atoms with Gasteiger partial charge in [-0.05, 0) is 36.5 Å². The second-order valence-electron chi connectivity index (χ2n) is 7.42. The molecule has 0 saturated heterocycles. The van der Waals surface area contributed by atoms with Gasteiger partial charge in [0.1, 0.15) is 0 Å². The maximum Gasteiger partial charge on any atom is 0.223 e. The van der Waals surface area contributed by atoms with Crippen molar-refractivity contribution >= 4 is 5.91 Å². The van der Waals surface area contributed by atoms with E-state index in [1.165, 1.54) is 19.3 Å². The molecule has 0 N–H and O–H groups in total. The molecule has 0 aromatic carbocycles. The van der Waals surface area contributed by atoms with Gasteiger partial charge in [0, 0.05) is 19.5 Å². The highest BCUT2D eigenvalue weighted by molar-refractivity contribution is 5.76. The molecule has 2 unspecified atom stereocenters. The van der Waals surface area contributed by atoms with E-state index >= 15 is 0 Å². The number of hydrogen-bond acceptors (Lipinski definition) is 1. The van der Waals surface area contributed by atoms with Crippen LogP contribution in [0.2, 0.25) is 0 Å². The Kier molecular flexibility index (Phi) is 4.85. The second kappa shape index (κ2) is 5.63. The van der Waals surface area contributed by atoms with Crippen LogP contribution in [-0.4, -0.2) is 23.9 Å². The quantitative estimate of drug-likeness (QED) is 0.698. The lowest BCUT2D eigenvalue weighted by Crippen LogP contribution is -2.35. The Morgan fingerprint density at radius 2 is 1.94 bits per heavy atom. The predicted octanol–water partition coefficient (Wildman–Crippen LogP) is 4.10. The van der Waals surface area contributed by atoms with Crippen molar-refractivity contribution in [3.8, 4) is 0 Å². The molecule has 2 atom stereocenters. The molecule has 106 valence electrons. The number of carbonyl (C=O) groups is 1. The van der Waals surface area contributed by atoms with Gasteiger partial charge in [0.15, 0.2) is 0 Å². The summed E-state index contributed by atoms with van der Waals surface area (Å²) >= 11 is 0. The third-order valence-electron chi connectivity index (χ3n) is 4.40. The van der Waals surface area contributed by atoms with Gasteiger partial charge >= 0.3 is 0 Å². The van der Waals surface area contributed by atoms with Crippen molar-refractivity contribution in [1.82, 2.24) is 4.90 Å². The number of nitrogens with zero attached hydrogens (tertiary/aromatic N) is 1. The highest BCUT2D eigenvalue weighted by atomic mass is 16.2. The maximum absolute atomic E-state index is 12.2. The van der Waals surface area contributed by atoms with E-state index in [9.17, 15) is 4.79 Å². The minimum atomic E-state index is 0.0972. The van der Waals surface area contributed by atoms with Crippen LogP contribution >= 0.6 is 0 Å². The summed E-state index contributed by atoms with van der Waals surface area (Å²) in [6.07, 6.45) is 4.48. The van der Waals surface area contributed by atoms with Crippen molar-refractivity contribution in [2.45, 2.75) is 67.2 Å². The van der Waals surface area contributed by atoms with Crippen LogP contribution in [-0.2, 0) is 4.79 Å². The van der Waals surface area contributed by atoms with Crippen LogP contribution in [0.5, 0.6) is 0 Å². The molecule has 0 heterocycles. The van der Waals surface area contributed by atoms with E-state index < -0.39 is 0 Å². The molecular formula is C16H31NO. The Balaban J connectivity index is 2.41. The maximum atomic E-state index is 12.2. The molecule has 1 saturated carbocycles. The average molecular weight is 253 g/mol. The van der Waals surface area contributed by atoms with Crippen molar-refractivity contribution in [3.05, 3.63) is 0 Å². The number of amides is 1. The summed E-state index contributed by atoms with van der Waals surface area (Å²) < 4.78 is 0. The topological polar surface area (TPSA) is 20.3 Å². The summed E-state index contributed by atoms with van der Waals surface area (Å²) in [6.45, 7) is 14.9. The molecule has 2 heteroatoms. The van der Waals surface area contributed by atoms with Gasteiger partial charge in [0.2, 0.25) is 5.91 Å². The lowest BCUT2D eigenvalue weighted by Gasteiger charge is -2.27. The van der Waals surface area contributed by atoms with Gasteiger partial charge < -0.3 is 4.90 Å². The van der Waals surface area contributed by atoms with Crippen LogP contribution < -0.4 is 0 Å². The smallest absolute Gasteiger partial charge is 0.223 e. The Hall–Kier alpha value is -0.530. The van der Waals surface area contributed by atoms with Crippen molar-refractivity contribution in [2.24, 2.45) is 16.7 Å². The van der Waals surface area contributed by atoms with Crippen molar-refractivity contribution in [3.63, 3.8) is 0 Å². The minimum absolute atomic E-state index is 0.0972. The Labute approximate surface area is 113 Å². The molecule has 0 aromatic rings. The molecule has 1 amide bonds. The van der Waals surface area contributed by atoms with Crippen molar-refractivity contribution < 1.29 is 4.79 Å². The summed E-state index contributed by atoms with van der Waals surface area (Å²) in [4.78, 5) is 14.2. The summed E-state index contributed by atoms with van der Waals surface area (Å²) in [6, 6.07) is 0. The number of carbonyl (C=O) groups excluding carboxylic acids is 1. The number of hydrogen-bond donors (Lipinski definition) is 0. The molecule has 0 aromatic heterocycles. The molecule has 2 nitrogen and oxygen atoms in total. The van der Waals surface area contributed by atoms with E-state index in [0.717, 1.165) is 19.0 Å². The standard InChI is InChI=1S/C16H31NO/c1-7-13-11-16(13,6)9-10-17(8-2)14(18)12-15(3,4)5/h13H,7-12H2,1-6H3. The van der Waals surface area contributed by atoms with Crippen LogP contribution in [0.4, 0.5) is 0 Å². The first-order valence-electron chi connectivity index (χ1n) is 7.49. The zero-order valence-corrected chi connectivity index (χ0v) is 13.2. The third kappa shape index (κ3) is 4.29. The molecule has 1 aliphatic carbocycles. The van der Waals surface area contributed by atoms with Crippen LogP contribution in [0.3, 0.4) is 0 Å². The van der Waals surface area contributed by atoms with Crippen LogP contribution in [0, 0.1) is 16.7 Å². The molecule has 1 rings (SSSR count). The number of rotatable bonds is 6. The van der Waals surface area contributed by atoms with Crippen LogP contribution in [0.1, 0.15) is 67.2 Å². The van der Waals surface area contributed by atoms with Gasteiger partial charge in [-0.25, -0.2) is 0 Å². The molecule has 0 aliphatic heterocycles. The highest BCUT2D eigenvalue weighted by Gasteiger charge is 2.47. The predicted molar refractivity (Wildman–Crippen MR) is 77.4 cm³/mol. The summed E-state index contributed by atoms with van der Waals surface area (Å²) in [5, 5.41) is 0. The molecule has 0 bridgehead atoms. The fraction of sp³-hybridized carbons (Fsp3) is 0.938. The molecule has 1 aliphatic rings. The van der Waals surface area contributed by atoms with Crippen LogP contribution in [0.15, 0.2) is 0 Å². The molecule has 1 fully saturated rings. The van der Waals surface area contributed by atoms with E-state index in [-0.39, 0.29) is 5.41 Å². The lowest BCUT2D eigenvalue weighted by atomic mass is 9.91.